The zero-order valence-electron chi connectivity index (χ0n) is 12.7. The number of hydrogen-bond donors (Lipinski definition) is 1. The van der Waals surface area contributed by atoms with Crippen molar-refractivity contribution in [3.05, 3.63) is 59.7 Å². The molecule has 2 aromatic carbocycles. The highest BCUT2D eigenvalue weighted by Gasteiger charge is 2.12. The average Bonchev–Trinajstić information content (AvgIpc) is 3.02. The summed E-state index contributed by atoms with van der Waals surface area (Å²) in [6, 6.07) is 12.2. The number of para-hydroxylation sites is 1. The van der Waals surface area contributed by atoms with Crippen LogP contribution in [0.4, 0.5) is 14.5 Å². The molecule has 2 aromatic rings. The van der Waals surface area contributed by atoms with Gasteiger partial charge in [-0.2, -0.15) is 8.78 Å². The molecule has 0 unspecified atom stereocenters. The molecule has 0 radical (unpaired) electrons. The molecule has 0 aliphatic carbocycles. The van der Waals surface area contributed by atoms with E-state index in [9.17, 15) is 13.6 Å². The van der Waals surface area contributed by atoms with Crippen LogP contribution < -0.4 is 10.1 Å². The number of alkyl halides is 2. The topological polar surface area (TPSA) is 38.3 Å². The number of ether oxygens (including phenoxy) is 1. The van der Waals surface area contributed by atoms with Gasteiger partial charge >= 0.3 is 0 Å². The van der Waals surface area contributed by atoms with Crippen LogP contribution >= 0.6 is 11.8 Å². The SMILES string of the molecule is O=C(/C=C/c1ccc2c(c1)CCO2)Nc1ccccc1SC(F)F. The van der Waals surface area contributed by atoms with Gasteiger partial charge in [0.15, 0.2) is 0 Å². The molecule has 3 rings (SSSR count). The van der Waals surface area contributed by atoms with Gasteiger partial charge in [-0.15, -0.1) is 0 Å². The Morgan fingerprint density at radius 2 is 2.08 bits per heavy atom. The maximum absolute atomic E-state index is 12.5. The van der Waals surface area contributed by atoms with Gasteiger partial charge in [-0.1, -0.05) is 30.0 Å². The molecule has 0 bridgehead atoms. The van der Waals surface area contributed by atoms with Crippen LogP contribution in [0.15, 0.2) is 53.4 Å². The highest BCUT2D eigenvalue weighted by Crippen LogP contribution is 2.31. The fraction of sp³-hybridized carbons (Fsp3) is 0.167. The molecule has 1 aliphatic rings. The van der Waals surface area contributed by atoms with Crippen molar-refractivity contribution in [2.24, 2.45) is 0 Å². The minimum atomic E-state index is -2.53. The number of amides is 1. The van der Waals surface area contributed by atoms with Crippen LogP contribution in [0.5, 0.6) is 5.75 Å². The Labute approximate surface area is 142 Å². The summed E-state index contributed by atoms with van der Waals surface area (Å²) in [4.78, 5) is 12.4. The second-order valence-electron chi connectivity index (χ2n) is 5.16. The van der Waals surface area contributed by atoms with Crippen molar-refractivity contribution in [3.63, 3.8) is 0 Å². The summed E-state index contributed by atoms with van der Waals surface area (Å²) in [5.74, 6) is -2.02. The van der Waals surface area contributed by atoms with Crippen molar-refractivity contribution in [1.29, 1.82) is 0 Å². The zero-order chi connectivity index (χ0) is 16.9. The number of rotatable bonds is 5. The fourth-order valence-corrected chi connectivity index (χ4v) is 3.02. The van der Waals surface area contributed by atoms with Crippen LogP contribution in [0.25, 0.3) is 6.08 Å². The Hall–Kier alpha value is -2.34. The first kappa shape index (κ1) is 16.5. The van der Waals surface area contributed by atoms with E-state index >= 15 is 0 Å². The van der Waals surface area contributed by atoms with Gasteiger partial charge in [0.2, 0.25) is 5.91 Å². The molecule has 1 N–H and O–H groups in total. The second kappa shape index (κ2) is 7.49. The van der Waals surface area contributed by atoms with Gasteiger partial charge in [0.25, 0.3) is 5.76 Å². The normalized spacial score (nSPS) is 13.1. The van der Waals surface area contributed by atoms with Crippen LogP contribution in [0, 0.1) is 0 Å². The van der Waals surface area contributed by atoms with E-state index < -0.39 is 5.76 Å². The average molecular weight is 347 g/mol. The smallest absolute Gasteiger partial charge is 0.288 e. The first-order valence-corrected chi connectivity index (χ1v) is 8.28. The molecular weight excluding hydrogens is 332 g/mol. The summed E-state index contributed by atoms with van der Waals surface area (Å²) < 4.78 is 30.5. The molecular formula is C18H15F2NO2S. The molecule has 3 nitrogen and oxygen atoms in total. The number of carbonyl (C=O) groups excluding carboxylic acids is 1. The maximum Gasteiger partial charge on any atom is 0.288 e. The van der Waals surface area contributed by atoms with Gasteiger partial charge in [-0.25, -0.2) is 0 Å². The lowest BCUT2D eigenvalue weighted by Crippen LogP contribution is -2.08. The van der Waals surface area contributed by atoms with E-state index in [1.54, 1.807) is 30.3 Å². The first-order valence-electron chi connectivity index (χ1n) is 7.40. The van der Waals surface area contributed by atoms with Crippen LogP contribution in [0.2, 0.25) is 0 Å². The first-order chi connectivity index (χ1) is 11.6. The summed E-state index contributed by atoms with van der Waals surface area (Å²) in [5, 5.41) is 2.63. The van der Waals surface area contributed by atoms with Crippen molar-refractivity contribution < 1.29 is 18.3 Å². The van der Waals surface area contributed by atoms with E-state index in [0.29, 0.717) is 29.0 Å². The Kier molecular flexibility index (Phi) is 5.15. The highest BCUT2D eigenvalue weighted by molar-refractivity contribution is 7.99. The van der Waals surface area contributed by atoms with Crippen molar-refractivity contribution in [2.45, 2.75) is 17.1 Å². The summed E-state index contributed by atoms with van der Waals surface area (Å²) in [5.41, 5.74) is 2.39. The van der Waals surface area contributed by atoms with Crippen LogP contribution in [0.3, 0.4) is 0 Å². The molecule has 0 aromatic heterocycles. The molecule has 1 aliphatic heterocycles. The predicted molar refractivity (Wildman–Crippen MR) is 91.6 cm³/mol. The van der Waals surface area contributed by atoms with Crippen LogP contribution in [0.1, 0.15) is 11.1 Å². The van der Waals surface area contributed by atoms with Gasteiger partial charge in [0.1, 0.15) is 5.75 Å². The monoisotopic (exact) mass is 347 g/mol. The molecule has 0 atom stereocenters. The molecule has 0 spiro atoms. The molecule has 0 saturated heterocycles. The number of nitrogens with one attached hydrogen (secondary N) is 1. The summed E-state index contributed by atoms with van der Waals surface area (Å²) in [7, 11) is 0. The number of anilines is 1. The van der Waals surface area contributed by atoms with Gasteiger partial charge in [-0.05, 0) is 41.5 Å². The third-order valence-electron chi connectivity index (χ3n) is 3.50. The van der Waals surface area contributed by atoms with E-state index in [-0.39, 0.29) is 5.91 Å². The quantitative estimate of drug-likeness (QED) is 0.635. The molecule has 1 amide bonds. The second-order valence-corrected chi connectivity index (χ2v) is 6.19. The summed E-state index contributed by atoms with van der Waals surface area (Å²) in [6.45, 7) is 0.682. The van der Waals surface area contributed by atoms with Crippen LogP contribution in [-0.2, 0) is 11.2 Å². The number of hydrogen-bond acceptors (Lipinski definition) is 3. The Bertz CT molecular complexity index is 777. The number of fused-ring (bicyclic) bond motifs is 1. The Morgan fingerprint density at radius 1 is 1.25 bits per heavy atom. The lowest BCUT2D eigenvalue weighted by atomic mass is 10.1. The van der Waals surface area contributed by atoms with Crippen molar-refractivity contribution in [1.82, 2.24) is 0 Å². The predicted octanol–water partition coefficient (Wildman–Crippen LogP) is 4.59. The molecule has 0 fully saturated rings. The van der Waals surface area contributed by atoms with Crippen molar-refractivity contribution in [3.8, 4) is 5.75 Å². The minimum absolute atomic E-state index is 0.337. The third kappa shape index (κ3) is 4.14. The fourth-order valence-electron chi connectivity index (χ4n) is 2.43. The van der Waals surface area contributed by atoms with E-state index in [1.165, 1.54) is 6.08 Å². The standard InChI is InChI=1S/C18H15F2NO2S/c19-18(20)24-16-4-2-1-3-14(16)21-17(22)8-6-12-5-7-15-13(11-12)9-10-23-15/h1-8,11,18H,9-10H2,(H,21,22)/b8-6+. The molecule has 0 saturated carbocycles. The molecule has 1 heterocycles. The van der Waals surface area contributed by atoms with Gasteiger partial charge in [-0.3, -0.25) is 4.79 Å². The lowest BCUT2D eigenvalue weighted by Gasteiger charge is -2.08. The number of halogens is 2. The maximum atomic E-state index is 12.5. The van der Waals surface area contributed by atoms with Gasteiger partial charge in [0.05, 0.1) is 12.3 Å². The summed E-state index contributed by atoms with van der Waals surface area (Å²) in [6.07, 6.45) is 3.94. The van der Waals surface area contributed by atoms with E-state index in [1.807, 2.05) is 18.2 Å². The zero-order valence-corrected chi connectivity index (χ0v) is 13.5. The van der Waals surface area contributed by atoms with E-state index in [2.05, 4.69) is 5.32 Å². The van der Waals surface area contributed by atoms with Crippen molar-refractivity contribution in [2.75, 3.05) is 11.9 Å². The molecule has 124 valence electrons. The number of thioether (sulfide) groups is 1. The number of benzene rings is 2. The minimum Gasteiger partial charge on any atom is -0.493 e. The number of carbonyl (C=O) groups is 1. The molecule has 6 heteroatoms. The van der Waals surface area contributed by atoms with E-state index in [0.717, 1.165) is 23.3 Å². The summed E-state index contributed by atoms with van der Waals surface area (Å²) >= 11 is 0.409. The third-order valence-corrected chi connectivity index (χ3v) is 4.29. The largest absolute Gasteiger partial charge is 0.493 e. The molecule has 24 heavy (non-hydrogen) atoms. The van der Waals surface area contributed by atoms with E-state index in [4.69, 9.17) is 4.74 Å². The van der Waals surface area contributed by atoms with Crippen LogP contribution in [-0.4, -0.2) is 18.3 Å². The van der Waals surface area contributed by atoms with Crippen molar-refractivity contribution >= 4 is 29.4 Å². The lowest BCUT2D eigenvalue weighted by molar-refractivity contribution is -0.111. The van der Waals surface area contributed by atoms with Gasteiger partial charge < -0.3 is 10.1 Å². The van der Waals surface area contributed by atoms with Gasteiger partial charge in [0, 0.05) is 17.4 Å². The Morgan fingerprint density at radius 3 is 2.92 bits per heavy atom. The highest BCUT2D eigenvalue weighted by atomic mass is 32.2. The Balaban J connectivity index is 1.67.